The number of likely N-dealkylation sites (tertiary alicyclic amines) is 1. The summed E-state index contributed by atoms with van der Waals surface area (Å²) in [4.78, 5) is 12.4. The topological polar surface area (TPSA) is 96.5 Å². The molecule has 1 saturated heterocycles. The Morgan fingerprint density at radius 3 is 2.88 bits per heavy atom. The van der Waals surface area contributed by atoms with Crippen LogP contribution in [0, 0.1) is 10.1 Å². The third-order valence-corrected chi connectivity index (χ3v) is 4.35. The van der Waals surface area contributed by atoms with Gasteiger partial charge in [0.25, 0.3) is 0 Å². The Bertz CT molecular complexity index is 691. The Kier molecular flexibility index (Phi) is 5.62. The average molecular weight is 345 g/mol. The van der Waals surface area contributed by atoms with Crippen LogP contribution in [0.4, 0.5) is 11.4 Å². The molecule has 2 unspecified atom stereocenters. The van der Waals surface area contributed by atoms with Gasteiger partial charge in [-0.05, 0) is 31.5 Å². The Morgan fingerprint density at radius 1 is 1.36 bits per heavy atom. The van der Waals surface area contributed by atoms with Crippen molar-refractivity contribution in [3.8, 4) is 0 Å². The van der Waals surface area contributed by atoms with Crippen LogP contribution in [0.1, 0.15) is 12.8 Å². The minimum absolute atomic E-state index is 0.0581. The van der Waals surface area contributed by atoms with Crippen molar-refractivity contribution in [1.82, 2.24) is 14.7 Å². The van der Waals surface area contributed by atoms with E-state index in [4.69, 9.17) is 0 Å². The number of piperidine rings is 1. The molecule has 0 radical (unpaired) electrons. The van der Waals surface area contributed by atoms with Crippen LogP contribution in [-0.4, -0.2) is 56.5 Å². The normalized spacial score (nSPS) is 19.5. The zero-order valence-corrected chi connectivity index (χ0v) is 14.0. The van der Waals surface area contributed by atoms with E-state index in [9.17, 15) is 15.2 Å². The first-order valence-electron chi connectivity index (χ1n) is 8.49. The highest BCUT2D eigenvalue weighted by molar-refractivity contribution is 5.43. The molecule has 25 heavy (non-hydrogen) atoms. The van der Waals surface area contributed by atoms with Crippen molar-refractivity contribution in [2.24, 2.45) is 0 Å². The lowest BCUT2D eigenvalue weighted by atomic mass is 10.0. The molecular formula is C17H23N5O3. The molecule has 3 rings (SSSR count). The van der Waals surface area contributed by atoms with E-state index in [0.717, 1.165) is 31.6 Å². The van der Waals surface area contributed by atoms with E-state index in [1.807, 2.05) is 18.2 Å². The minimum Gasteiger partial charge on any atom is -0.390 e. The van der Waals surface area contributed by atoms with E-state index in [-0.39, 0.29) is 12.2 Å². The predicted octanol–water partition coefficient (Wildman–Crippen LogP) is 1.73. The van der Waals surface area contributed by atoms with Gasteiger partial charge < -0.3 is 10.4 Å². The van der Waals surface area contributed by atoms with Crippen LogP contribution in [0.3, 0.4) is 0 Å². The van der Waals surface area contributed by atoms with Gasteiger partial charge in [0.15, 0.2) is 0 Å². The van der Waals surface area contributed by atoms with E-state index in [2.05, 4.69) is 27.4 Å². The van der Waals surface area contributed by atoms with Crippen molar-refractivity contribution >= 4 is 11.4 Å². The zero-order valence-electron chi connectivity index (χ0n) is 14.0. The monoisotopic (exact) mass is 345 g/mol. The lowest BCUT2D eigenvalue weighted by Gasteiger charge is -2.34. The highest BCUT2D eigenvalue weighted by atomic mass is 16.6. The Hall–Kier alpha value is -2.45. The second-order valence-electron chi connectivity index (χ2n) is 6.44. The van der Waals surface area contributed by atoms with Crippen molar-refractivity contribution in [1.29, 1.82) is 0 Å². The molecule has 2 heterocycles. The fraction of sp³-hybridized carbons (Fsp3) is 0.471. The molecule has 0 bridgehead atoms. The highest BCUT2D eigenvalue weighted by Gasteiger charge is 2.22. The fourth-order valence-corrected chi connectivity index (χ4v) is 3.23. The number of aliphatic hydroxyl groups is 1. The molecule has 8 nitrogen and oxygen atoms in total. The molecule has 0 aliphatic carbocycles. The van der Waals surface area contributed by atoms with Crippen LogP contribution >= 0.6 is 0 Å². The summed E-state index contributed by atoms with van der Waals surface area (Å²) in [6, 6.07) is 10.5. The van der Waals surface area contributed by atoms with E-state index < -0.39 is 11.0 Å². The molecule has 1 aliphatic heterocycles. The zero-order chi connectivity index (χ0) is 17.6. The predicted molar refractivity (Wildman–Crippen MR) is 94.4 cm³/mol. The van der Waals surface area contributed by atoms with Gasteiger partial charge in [0.05, 0.1) is 17.6 Å². The number of aliphatic hydroxyl groups excluding tert-OH is 1. The van der Waals surface area contributed by atoms with Gasteiger partial charge in [-0.2, -0.15) is 5.10 Å². The van der Waals surface area contributed by atoms with Crippen molar-refractivity contribution in [2.45, 2.75) is 31.5 Å². The summed E-state index contributed by atoms with van der Waals surface area (Å²) in [5.74, 6) is 0. The van der Waals surface area contributed by atoms with Crippen LogP contribution in [0.5, 0.6) is 0 Å². The van der Waals surface area contributed by atoms with Gasteiger partial charge in [0.1, 0.15) is 12.4 Å². The maximum atomic E-state index is 10.7. The largest absolute Gasteiger partial charge is 0.390 e. The third kappa shape index (κ3) is 5.01. The Morgan fingerprint density at radius 2 is 2.16 bits per heavy atom. The average Bonchev–Trinajstić information content (AvgIpc) is 3.05. The Labute approximate surface area is 146 Å². The number of benzene rings is 1. The molecule has 1 aromatic carbocycles. The summed E-state index contributed by atoms with van der Waals surface area (Å²) in [7, 11) is 0. The second kappa shape index (κ2) is 8.09. The fourth-order valence-electron chi connectivity index (χ4n) is 3.23. The number of hydrogen-bond donors (Lipinski definition) is 2. The van der Waals surface area contributed by atoms with Gasteiger partial charge in [-0.25, -0.2) is 0 Å². The number of nitro groups is 1. The summed E-state index contributed by atoms with van der Waals surface area (Å²) >= 11 is 0. The van der Waals surface area contributed by atoms with Crippen molar-refractivity contribution < 1.29 is 10.0 Å². The lowest BCUT2D eigenvalue weighted by molar-refractivity contribution is -0.385. The molecule has 2 atom stereocenters. The maximum Gasteiger partial charge on any atom is 0.306 e. The number of β-amino-alcohol motifs (C(OH)–C–C–N with tert-alkyl or cyclic N) is 1. The van der Waals surface area contributed by atoms with Gasteiger partial charge in [0.2, 0.25) is 0 Å². The molecule has 2 aromatic rings. The third-order valence-electron chi connectivity index (χ3n) is 4.35. The number of para-hydroxylation sites is 1. The minimum atomic E-state index is -0.616. The van der Waals surface area contributed by atoms with E-state index in [1.54, 1.807) is 0 Å². The molecule has 0 amide bonds. The van der Waals surface area contributed by atoms with Crippen LogP contribution < -0.4 is 5.32 Å². The number of rotatable bonds is 7. The van der Waals surface area contributed by atoms with Crippen molar-refractivity contribution in [3.63, 3.8) is 0 Å². The lowest BCUT2D eigenvalue weighted by Crippen LogP contribution is -2.45. The highest BCUT2D eigenvalue weighted by Crippen LogP contribution is 2.16. The number of hydrogen-bond acceptors (Lipinski definition) is 6. The molecule has 1 aliphatic rings. The smallest absolute Gasteiger partial charge is 0.306 e. The Balaban J connectivity index is 1.48. The number of anilines is 1. The first-order valence-corrected chi connectivity index (χ1v) is 8.49. The SMILES string of the molecule is O=[N+]([O-])c1cnn(CC(O)CN2CCCC(Nc3ccccc3)C2)c1. The van der Waals surface area contributed by atoms with E-state index in [1.165, 1.54) is 17.1 Å². The van der Waals surface area contributed by atoms with Gasteiger partial charge in [-0.3, -0.25) is 19.7 Å². The van der Waals surface area contributed by atoms with Crippen LogP contribution in [-0.2, 0) is 6.54 Å². The summed E-state index contributed by atoms with van der Waals surface area (Å²) in [6.07, 6.45) is 4.11. The molecule has 0 spiro atoms. The molecule has 2 N–H and O–H groups in total. The van der Waals surface area contributed by atoms with Crippen molar-refractivity contribution in [2.75, 3.05) is 25.0 Å². The van der Waals surface area contributed by atoms with Gasteiger partial charge >= 0.3 is 5.69 Å². The van der Waals surface area contributed by atoms with Crippen LogP contribution in [0.15, 0.2) is 42.7 Å². The van der Waals surface area contributed by atoms with Gasteiger partial charge in [0, 0.05) is 24.8 Å². The van der Waals surface area contributed by atoms with Crippen LogP contribution in [0.2, 0.25) is 0 Å². The van der Waals surface area contributed by atoms with Crippen molar-refractivity contribution in [3.05, 3.63) is 52.8 Å². The van der Waals surface area contributed by atoms with E-state index in [0.29, 0.717) is 12.6 Å². The van der Waals surface area contributed by atoms with Crippen LogP contribution in [0.25, 0.3) is 0 Å². The molecule has 1 aromatic heterocycles. The molecular weight excluding hydrogens is 322 g/mol. The number of nitrogens with zero attached hydrogens (tertiary/aromatic N) is 4. The van der Waals surface area contributed by atoms with Gasteiger partial charge in [-0.1, -0.05) is 18.2 Å². The molecule has 8 heteroatoms. The first kappa shape index (κ1) is 17.4. The first-order chi connectivity index (χ1) is 12.1. The second-order valence-corrected chi connectivity index (χ2v) is 6.44. The summed E-state index contributed by atoms with van der Waals surface area (Å²) in [5, 5.41) is 28.4. The molecule has 0 saturated carbocycles. The molecule has 134 valence electrons. The summed E-state index contributed by atoms with van der Waals surface area (Å²) in [6.45, 7) is 2.59. The number of aromatic nitrogens is 2. The number of nitrogens with one attached hydrogen (secondary N) is 1. The maximum absolute atomic E-state index is 10.7. The standard InChI is InChI=1S/C17H23N5O3/c23-17(13-21-11-16(9-18-21)22(24)25)12-20-8-4-7-15(10-20)19-14-5-2-1-3-6-14/h1-3,5-6,9,11,15,17,19,23H,4,7-8,10,12-13H2. The summed E-state index contributed by atoms with van der Waals surface area (Å²) < 4.78 is 1.42. The van der Waals surface area contributed by atoms with E-state index >= 15 is 0 Å². The quantitative estimate of drug-likeness (QED) is 0.586. The molecule has 1 fully saturated rings. The summed E-state index contributed by atoms with van der Waals surface area (Å²) in [5.41, 5.74) is 1.05. The van der Waals surface area contributed by atoms with Gasteiger partial charge in [-0.15, -0.1) is 0 Å².